The molecular weight excluding hydrogens is 316 g/mol. The van der Waals surface area contributed by atoms with E-state index >= 15 is 0 Å². The molecule has 0 aliphatic heterocycles. The maximum absolute atomic E-state index is 3.35. The maximum atomic E-state index is 3.35. The second-order valence-corrected chi connectivity index (χ2v) is 6.33. The molecule has 0 heterocycles. The molecule has 0 spiro atoms. The predicted molar refractivity (Wildman–Crippen MR) is 123 cm³/mol. The molecule has 148 valence electrons. The predicted octanol–water partition coefficient (Wildman–Crippen LogP) is 7.68. The van der Waals surface area contributed by atoms with Crippen LogP contribution in [0.25, 0.3) is 0 Å². The van der Waals surface area contributed by atoms with Crippen molar-refractivity contribution in [2.75, 3.05) is 10.6 Å². The quantitative estimate of drug-likeness (QED) is 0.585. The smallest absolute Gasteiger partial charge is 0.0344 e. The summed E-state index contributed by atoms with van der Waals surface area (Å²) in [7, 11) is 0. The zero-order valence-corrected chi connectivity index (χ0v) is 18.8. The molecule has 0 aliphatic rings. The molecule has 0 bridgehead atoms. The minimum atomic E-state index is 0.511. The van der Waals surface area contributed by atoms with Gasteiger partial charge in [-0.3, -0.25) is 0 Å². The van der Waals surface area contributed by atoms with E-state index in [1.807, 2.05) is 27.7 Å². The van der Waals surface area contributed by atoms with Crippen LogP contribution in [0.4, 0.5) is 11.4 Å². The first-order valence-electron chi connectivity index (χ1n) is 10.0. The molecule has 0 saturated carbocycles. The molecule has 2 rings (SSSR count). The molecule has 2 nitrogen and oxygen atoms in total. The Bertz CT molecular complexity index is 542. The third-order valence-corrected chi connectivity index (χ3v) is 2.98. The van der Waals surface area contributed by atoms with Gasteiger partial charge in [0, 0.05) is 23.5 Å². The van der Waals surface area contributed by atoms with Crippen molar-refractivity contribution in [2.24, 2.45) is 0 Å². The van der Waals surface area contributed by atoms with Crippen molar-refractivity contribution in [2.45, 2.75) is 81.3 Å². The summed E-state index contributed by atoms with van der Waals surface area (Å²) in [5, 5.41) is 6.68. The molecule has 0 fully saturated rings. The van der Waals surface area contributed by atoms with Gasteiger partial charge in [-0.2, -0.15) is 0 Å². The summed E-state index contributed by atoms with van der Waals surface area (Å²) < 4.78 is 0. The number of aryl methyl sites for hydroxylation is 2. The van der Waals surface area contributed by atoms with Crippen LogP contribution in [0.15, 0.2) is 48.5 Å². The normalized spacial score (nSPS) is 9.08. The molecule has 2 aromatic carbocycles. The van der Waals surface area contributed by atoms with Crippen LogP contribution >= 0.6 is 0 Å². The highest BCUT2D eigenvalue weighted by Crippen LogP contribution is 2.10. The van der Waals surface area contributed by atoms with Crippen LogP contribution in [0.2, 0.25) is 0 Å². The van der Waals surface area contributed by atoms with Crippen molar-refractivity contribution in [3.05, 3.63) is 59.7 Å². The van der Waals surface area contributed by atoms with Gasteiger partial charge in [-0.05, 0) is 71.4 Å². The van der Waals surface area contributed by atoms with Gasteiger partial charge in [0.2, 0.25) is 0 Å². The summed E-state index contributed by atoms with van der Waals surface area (Å²) >= 11 is 0. The lowest BCUT2D eigenvalue weighted by Crippen LogP contribution is -2.09. The van der Waals surface area contributed by atoms with Crippen molar-refractivity contribution in [1.82, 2.24) is 0 Å². The lowest BCUT2D eigenvalue weighted by atomic mass is 10.2. The Morgan fingerprint density at radius 2 is 1.04 bits per heavy atom. The Labute approximate surface area is 163 Å². The average Bonchev–Trinajstić information content (AvgIpc) is 2.60. The Morgan fingerprint density at radius 1 is 0.577 bits per heavy atom. The topological polar surface area (TPSA) is 24.1 Å². The van der Waals surface area contributed by atoms with Gasteiger partial charge < -0.3 is 10.6 Å². The van der Waals surface area contributed by atoms with E-state index in [-0.39, 0.29) is 0 Å². The van der Waals surface area contributed by atoms with Crippen molar-refractivity contribution in [3.8, 4) is 0 Å². The lowest BCUT2D eigenvalue weighted by molar-refractivity contribution is 0.899. The second-order valence-electron chi connectivity index (χ2n) is 6.33. The number of nitrogens with one attached hydrogen (secondary N) is 2. The maximum Gasteiger partial charge on any atom is 0.0344 e. The van der Waals surface area contributed by atoms with Crippen LogP contribution in [-0.4, -0.2) is 12.1 Å². The van der Waals surface area contributed by atoms with Gasteiger partial charge in [0.25, 0.3) is 0 Å². The summed E-state index contributed by atoms with van der Waals surface area (Å²) in [6, 6.07) is 17.9. The van der Waals surface area contributed by atoms with E-state index in [1.165, 1.54) is 22.5 Å². The molecule has 0 atom stereocenters. The number of hydrogen-bond acceptors (Lipinski definition) is 2. The van der Waals surface area contributed by atoms with E-state index in [0.29, 0.717) is 12.1 Å². The van der Waals surface area contributed by atoms with Gasteiger partial charge in [0.15, 0.2) is 0 Å². The summed E-state index contributed by atoms with van der Waals surface area (Å²) in [6.07, 6.45) is 0. The summed E-state index contributed by atoms with van der Waals surface area (Å²) in [4.78, 5) is 0. The number of rotatable bonds is 4. The van der Waals surface area contributed by atoms with Gasteiger partial charge in [0.05, 0.1) is 0 Å². The summed E-state index contributed by atoms with van der Waals surface area (Å²) in [5.41, 5.74) is 5.01. The zero-order valence-electron chi connectivity index (χ0n) is 18.8. The fourth-order valence-electron chi connectivity index (χ4n) is 2.05. The van der Waals surface area contributed by atoms with Gasteiger partial charge in [-0.1, -0.05) is 57.5 Å². The number of hydrogen-bond donors (Lipinski definition) is 2. The minimum absolute atomic E-state index is 0.511. The van der Waals surface area contributed by atoms with E-state index < -0.39 is 0 Å². The Morgan fingerprint density at radius 3 is 1.46 bits per heavy atom. The Hall–Kier alpha value is -1.96. The lowest BCUT2D eigenvalue weighted by Gasteiger charge is -2.09. The van der Waals surface area contributed by atoms with E-state index in [0.717, 1.165) is 0 Å². The van der Waals surface area contributed by atoms with E-state index in [9.17, 15) is 0 Å². The fourth-order valence-corrected chi connectivity index (χ4v) is 2.05. The second kappa shape index (κ2) is 16.5. The summed E-state index contributed by atoms with van der Waals surface area (Å²) in [5.74, 6) is 0. The third kappa shape index (κ3) is 14.4. The van der Waals surface area contributed by atoms with E-state index in [4.69, 9.17) is 0 Å². The van der Waals surface area contributed by atoms with Gasteiger partial charge in [-0.15, -0.1) is 0 Å². The highest BCUT2D eigenvalue weighted by molar-refractivity contribution is 5.46. The summed E-state index contributed by atoms with van der Waals surface area (Å²) in [6.45, 7) is 20.8. The molecular formula is C24H42N2. The molecule has 2 N–H and O–H groups in total. The monoisotopic (exact) mass is 358 g/mol. The van der Waals surface area contributed by atoms with Crippen LogP contribution in [0.1, 0.15) is 66.5 Å². The fraction of sp³-hybridized carbons (Fsp3) is 0.500. The van der Waals surface area contributed by atoms with Crippen molar-refractivity contribution in [3.63, 3.8) is 0 Å². The van der Waals surface area contributed by atoms with Gasteiger partial charge in [-0.25, -0.2) is 0 Å². The number of anilines is 2. The highest BCUT2D eigenvalue weighted by Gasteiger charge is 1.93. The highest BCUT2D eigenvalue weighted by atomic mass is 14.9. The first-order chi connectivity index (χ1) is 12.4. The first kappa shape index (κ1) is 26.3. The Kier molecular flexibility index (Phi) is 16.7. The molecule has 0 saturated heterocycles. The van der Waals surface area contributed by atoms with Crippen LogP contribution < -0.4 is 10.6 Å². The number of benzene rings is 2. The molecule has 0 aliphatic carbocycles. The van der Waals surface area contributed by atoms with Crippen molar-refractivity contribution >= 4 is 11.4 Å². The minimum Gasteiger partial charge on any atom is -0.383 e. The van der Waals surface area contributed by atoms with Crippen LogP contribution in [0, 0.1) is 13.8 Å². The standard InChI is InChI=1S/2C10H15N.2C2H6/c1-8(2)11-10-6-4-9(3)5-7-10;1-8(2)11-10-6-4-5-9(3)7-10;2*1-2/h2*4-8,11H,1-3H3;2*1-2H3. The van der Waals surface area contributed by atoms with E-state index in [1.54, 1.807) is 0 Å². The van der Waals surface area contributed by atoms with Crippen LogP contribution in [0.3, 0.4) is 0 Å². The van der Waals surface area contributed by atoms with Crippen LogP contribution in [0.5, 0.6) is 0 Å². The average molecular weight is 359 g/mol. The molecule has 26 heavy (non-hydrogen) atoms. The molecule has 0 radical (unpaired) electrons. The third-order valence-electron chi connectivity index (χ3n) is 2.98. The van der Waals surface area contributed by atoms with Gasteiger partial charge >= 0.3 is 0 Å². The largest absolute Gasteiger partial charge is 0.383 e. The molecule has 0 unspecified atom stereocenters. The molecule has 0 amide bonds. The van der Waals surface area contributed by atoms with E-state index in [2.05, 4.69) is 101 Å². The van der Waals surface area contributed by atoms with Crippen molar-refractivity contribution < 1.29 is 0 Å². The Balaban J connectivity index is 0. The van der Waals surface area contributed by atoms with Gasteiger partial charge in [0.1, 0.15) is 0 Å². The SMILES string of the molecule is CC.CC.Cc1ccc(NC(C)C)cc1.Cc1cccc(NC(C)C)c1. The first-order valence-corrected chi connectivity index (χ1v) is 10.0. The molecule has 2 aromatic rings. The van der Waals surface area contributed by atoms with Crippen LogP contribution in [-0.2, 0) is 0 Å². The zero-order chi connectivity index (χ0) is 20.5. The molecule has 0 aromatic heterocycles. The molecule has 2 heteroatoms. The van der Waals surface area contributed by atoms with Crippen molar-refractivity contribution in [1.29, 1.82) is 0 Å².